The quantitative estimate of drug-likeness (QED) is 0.420. The lowest BCUT2D eigenvalue weighted by Crippen LogP contribution is -2.43. The van der Waals surface area contributed by atoms with E-state index in [2.05, 4.69) is 69.1 Å². The van der Waals surface area contributed by atoms with E-state index in [1.807, 2.05) is 29.2 Å². The Bertz CT molecular complexity index is 1280. The number of amides is 1. The monoisotopic (exact) mass is 423 g/mol. The molecule has 32 heavy (non-hydrogen) atoms. The molecule has 2 heterocycles. The molecule has 1 N–H and O–H groups in total. The number of imidazole rings is 1. The Morgan fingerprint density at radius 2 is 1.72 bits per heavy atom. The molecule has 4 aromatic rings. The predicted octanol–water partition coefficient (Wildman–Crippen LogP) is 6.31. The fourth-order valence-corrected chi connectivity index (χ4v) is 4.86. The van der Waals surface area contributed by atoms with E-state index >= 15 is 0 Å². The number of H-pyrrole nitrogens is 1. The summed E-state index contributed by atoms with van der Waals surface area (Å²) in [6, 6.07) is 20.6. The summed E-state index contributed by atoms with van der Waals surface area (Å²) in [6.45, 7) is 9.17. The van der Waals surface area contributed by atoms with E-state index < -0.39 is 5.54 Å². The van der Waals surface area contributed by atoms with Crippen LogP contribution in [0.2, 0.25) is 0 Å². The zero-order chi connectivity index (χ0) is 22.5. The Labute approximate surface area is 189 Å². The van der Waals surface area contributed by atoms with Crippen molar-refractivity contribution in [1.82, 2.24) is 14.9 Å². The molecule has 1 amide bonds. The van der Waals surface area contributed by atoms with Crippen molar-refractivity contribution < 1.29 is 4.79 Å². The number of aryl methyl sites for hydroxylation is 3. The number of nitrogens with zero attached hydrogens (tertiary/aromatic N) is 2. The highest BCUT2D eigenvalue weighted by molar-refractivity contribution is 6.01. The minimum atomic E-state index is -0.460. The van der Waals surface area contributed by atoms with Gasteiger partial charge in [-0.3, -0.25) is 4.79 Å². The maximum Gasteiger partial charge on any atom is 0.255 e. The van der Waals surface area contributed by atoms with Gasteiger partial charge in [0.2, 0.25) is 0 Å². The van der Waals surface area contributed by atoms with Gasteiger partial charge in [0.15, 0.2) is 0 Å². The molecule has 1 unspecified atom stereocenters. The topological polar surface area (TPSA) is 49.0 Å². The molecule has 3 aromatic carbocycles. The molecule has 0 saturated carbocycles. The largest absolute Gasteiger partial charge is 0.340 e. The summed E-state index contributed by atoms with van der Waals surface area (Å²) in [5.41, 5.74) is 7.99. The summed E-state index contributed by atoms with van der Waals surface area (Å²) in [5, 5.41) is 0. The van der Waals surface area contributed by atoms with Crippen LogP contribution in [-0.2, 0) is 5.54 Å². The molecule has 5 rings (SSSR count). The van der Waals surface area contributed by atoms with Gasteiger partial charge in [-0.15, -0.1) is 0 Å². The second-order valence-corrected chi connectivity index (χ2v) is 9.28. The zero-order valence-electron chi connectivity index (χ0n) is 19.2. The van der Waals surface area contributed by atoms with Gasteiger partial charge in [-0.2, -0.15) is 0 Å². The van der Waals surface area contributed by atoms with Gasteiger partial charge in [0, 0.05) is 12.1 Å². The van der Waals surface area contributed by atoms with Crippen molar-refractivity contribution in [3.8, 4) is 11.1 Å². The van der Waals surface area contributed by atoms with Gasteiger partial charge in [0.25, 0.3) is 5.91 Å². The summed E-state index contributed by atoms with van der Waals surface area (Å²) in [5.74, 6) is 0.935. The molecule has 1 aliphatic rings. The Hall–Kier alpha value is -3.40. The highest BCUT2D eigenvalue weighted by Crippen LogP contribution is 2.40. The standard InChI is InChI=1S/C28H29N3O/c1-18-10-12-21(13-11-18)22-8-5-6-9-23(22)26(32)31-15-7-14-28(31,4)27-29-24-16-19(2)20(3)17-25(24)30-27/h5-6,8-13,16-17H,7,14-15H2,1-4H3,(H,29,30). The first kappa shape index (κ1) is 20.5. The number of hydrogen-bond acceptors (Lipinski definition) is 2. The lowest BCUT2D eigenvalue weighted by molar-refractivity contribution is 0.0607. The van der Waals surface area contributed by atoms with Crippen molar-refractivity contribution in [3.05, 3.63) is 88.7 Å². The molecule has 1 saturated heterocycles. The third-order valence-corrected chi connectivity index (χ3v) is 7.01. The lowest BCUT2D eigenvalue weighted by Gasteiger charge is -2.34. The lowest BCUT2D eigenvalue weighted by atomic mass is 9.94. The molecule has 162 valence electrons. The van der Waals surface area contributed by atoms with Crippen LogP contribution in [0.1, 0.15) is 52.6 Å². The molecule has 0 bridgehead atoms. The summed E-state index contributed by atoms with van der Waals surface area (Å²) < 4.78 is 0. The first-order valence-corrected chi connectivity index (χ1v) is 11.3. The number of carbonyl (C=O) groups excluding carboxylic acids is 1. The Morgan fingerprint density at radius 1 is 1.00 bits per heavy atom. The van der Waals surface area contributed by atoms with E-state index in [1.165, 1.54) is 16.7 Å². The maximum atomic E-state index is 13.9. The number of aromatic amines is 1. The molecule has 1 fully saturated rings. The van der Waals surface area contributed by atoms with Crippen LogP contribution in [0, 0.1) is 20.8 Å². The first-order valence-electron chi connectivity index (χ1n) is 11.3. The number of nitrogens with one attached hydrogen (secondary N) is 1. The van der Waals surface area contributed by atoms with Crippen LogP contribution in [0.25, 0.3) is 22.2 Å². The maximum absolute atomic E-state index is 13.9. The minimum absolute atomic E-state index is 0.0639. The van der Waals surface area contributed by atoms with E-state index in [-0.39, 0.29) is 5.91 Å². The number of rotatable bonds is 3. The van der Waals surface area contributed by atoms with E-state index in [0.717, 1.165) is 52.9 Å². The van der Waals surface area contributed by atoms with Crippen LogP contribution in [0.3, 0.4) is 0 Å². The molecule has 1 atom stereocenters. The molecular weight excluding hydrogens is 394 g/mol. The number of benzene rings is 3. The van der Waals surface area contributed by atoms with Crippen molar-refractivity contribution in [2.75, 3.05) is 6.54 Å². The summed E-state index contributed by atoms with van der Waals surface area (Å²) in [6.07, 6.45) is 1.85. The van der Waals surface area contributed by atoms with E-state index in [1.54, 1.807) is 0 Å². The number of carbonyl (C=O) groups is 1. The van der Waals surface area contributed by atoms with Crippen molar-refractivity contribution >= 4 is 16.9 Å². The van der Waals surface area contributed by atoms with E-state index in [4.69, 9.17) is 4.98 Å². The highest BCUT2D eigenvalue weighted by Gasteiger charge is 2.44. The fourth-order valence-electron chi connectivity index (χ4n) is 4.86. The van der Waals surface area contributed by atoms with Gasteiger partial charge < -0.3 is 9.88 Å². The van der Waals surface area contributed by atoms with Crippen molar-refractivity contribution in [2.24, 2.45) is 0 Å². The van der Waals surface area contributed by atoms with Crippen LogP contribution in [0.5, 0.6) is 0 Å². The highest BCUT2D eigenvalue weighted by atomic mass is 16.2. The smallest absolute Gasteiger partial charge is 0.255 e. The van der Waals surface area contributed by atoms with Gasteiger partial charge >= 0.3 is 0 Å². The number of hydrogen-bond donors (Lipinski definition) is 1. The van der Waals surface area contributed by atoms with Crippen LogP contribution in [-0.4, -0.2) is 27.3 Å². The molecule has 0 radical (unpaired) electrons. The predicted molar refractivity (Wildman–Crippen MR) is 130 cm³/mol. The van der Waals surface area contributed by atoms with Gasteiger partial charge in [-0.25, -0.2) is 4.98 Å². The summed E-state index contributed by atoms with van der Waals surface area (Å²) in [4.78, 5) is 24.4. The van der Waals surface area contributed by atoms with Crippen molar-refractivity contribution in [2.45, 2.75) is 46.1 Å². The summed E-state index contributed by atoms with van der Waals surface area (Å²) in [7, 11) is 0. The SMILES string of the molecule is Cc1ccc(-c2ccccc2C(=O)N2CCCC2(C)c2nc3cc(C)c(C)cc3[nH]2)cc1. The van der Waals surface area contributed by atoms with Gasteiger partial charge in [-0.1, -0.05) is 48.0 Å². The van der Waals surface area contributed by atoms with Crippen molar-refractivity contribution in [3.63, 3.8) is 0 Å². The van der Waals surface area contributed by atoms with E-state index in [0.29, 0.717) is 0 Å². The zero-order valence-corrected chi connectivity index (χ0v) is 19.2. The Kier molecular flexibility index (Phi) is 4.89. The molecule has 4 heteroatoms. The molecular formula is C28H29N3O. The van der Waals surface area contributed by atoms with Crippen molar-refractivity contribution in [1.29, 1.82) is 0 Å². The number of fused-ring (bicyclic) bond motifs is 1. The molecule has 0 aliphatic carbocycles. The number of likely N-dealkylation sites (tertiary alicyclic amines) is 1. The van der Waals surface area contributed by atoms with Gasteiger partial charge in [0.05, 0.1) is 16.6 Å². The Balaban J connectivity index is 1.55. The molecule has 1 aliphatic heterocycles. The van der Waals surface area contributed by atoms with E-state index in [9.17, 15) is 4.79 Å². The Morgan fingerprint density at radius 3 is 2.50 bits per heavy atom. The first-order chi connectivity index (χ1) is 15.4. The number of aromatic nitrogens is 2. The van der Waals surface area contributed by atoms with Crippen LogP contribution >= 0.6 is 0 Å². The van der Waals surface area contributed by atoms with Crippen LogP contribution in [0.15, 0.2) is 60.7 Å². The van der Waals surface area contributed by atoms with Gasteiger partial charge in [-0.05, 0) is 81.0 Å². The second kappa shape index (κ2) is 7.63. The third kappa shape index (κ3) is 3.31. The molecule has 0 spiro atoms. The average molecular weight is 424 g/mol. The third-order valence-electron chi connectivity index (χ3n) is 7.01. The fraction of sp³-hybridized carbons (Fsp3) is 0.286. The van der Waals surface area contributed by atoms with Gasteiger partial charge in [0.1, 0.15) is 5.82 Å². The average Bonchev–Trinajstić information content (AvgIpc) is 3.38. The van der Waals surface area contributed by atoms with Crippen LogP contribution in [0.4, 0.5) is 0 Å². The molecule has 4 nitrogen and oxygen atoms in total. The summed E-state index contributed by atoms with van der Waals surface area (Å²) >= 11 is 0. The minimum Gasteiger partial charge on any atom is -0.340 e. The second-order valence-electron chi connectivity index (χ2n) is 9.28. The van der Waals surface area contributed by atoms with Crippen LogP contribution < -0.4 is 0 Å². The normalized spacial score (nSPS) is 18.4. The molecule has 1 aromatic heterocycles.